The molecule has 0 radical (unpaired) electrons. The van der Waals surface area contributed by atoms with Gasteiger partial charge in [0.2, 0.25) is 0 Å². The predicted molar refractivity (Wildman–Crippen MR) is 53.9 cm³/mol. The van der Waals surface area contributed by atoms with Crippen molar-refractivity contribution in [3.05, 3.63) is 0 Å². The molecule has 1 fully saturated rings. The predicted octanol–water partition coefficient (Wildman–Crippen LogP) is 1.63. The Morgan fingerprint density at radius 1 is 1.38 bits per heavy atom. The molecule has 0 amide bonds. The summed E-state index contributed by atoms with van der Waals surface area (Å²) >= 11 is 0. The molecule has 4 heteroatoms. The molecular formula is C9H18ClNO2. The number of hydrogen-bond donors (Lipinski definition) is 1. The van der Waals surface area contributed by atoms with E-state index in [0.29, 0.717) is 6.54 Å². The molecule has 0 atom stereocenters. The van der Waals surface area contributed by atoms with Crippen LogP contribution in [0.5, 0.6) is 0 Å². The van der Waals surface area contributed by atoms with Gasteiger partial charge in [-0.2, -0.15) is 0 Å². The molecule has 1 rings (SSSR count). The molecule has 1 saturated carbocycles. The second-order valence-corrected chi connectivity index (χ2v) is 3.54. The van der Waals surface area contributed by atoms with Gasteiger partial charge in [0, 0.05) is 13.5 Å². The van der Waals surface area contributed by atoms with Gasteiger partial charge in [-0.3, -0.25) is 4.79 Å². The highest BCUT2D eigenvalue weighted by molar-refractivity contribution is 5.85. The van der Waals surface area contributed by atoms with E-state index < -0.39 is 0 Å². The van der Waals surface area contributed by atoms with Crippen molar-refractivity contribution in [1.29, 1.82) is 0 Å². The van der Waals surface area contributed by atoms with Crippen LogP contribution in [0.2, 0.25) is 0 Å². The van der Waals surface area contributed by atoms with Crippen LogP contribution in [-0.4, -0.2) is 18.1 Å². The van der Waals surface area contributed by atoms with Crippen LogP contribution < -0.4 is 5.73 Å². The Kier molecular flexibility index (Phi) is 5.33. The minimum absolute atomic E-state index is 0. The van der Waals surface area contributed by atoms with Gasteiger partial charge in [0.25, 0.3) is 0 Å². The van der Waals surface area contributed by atoms with Crippen molar-refractivity contribution in [2.24, 2.45) is 5.73 Å². The lowest BCUT2D eigenvalue weighted by molar-refractivity contribution is -0.159. The topological polar surface area (TPSA) is 52.3 Å². The first-order valence-electron chi connectivity index (χ1n) is 4.58. The fraction of sp³-hybridized carbons (Fsp3) is 0.889. The number of hydrogen-bond acceptors (Lipinski definition) is 3. The zero-order chi connectivity index (χ0) is 9.03. The van der Waals surface area contributed by atoms with E-state index in [1.807, 2.05) is 0 Å². The number of esters is 1. The number of rotatable bonds is 2. The Morgan fingerprint density at radius 2 is 1.92 bits per heavy atom. The first kappa shape index (κ1) is 12.7. The van der Waals surface area contributed by atoms with Crippen LogP contribution in [0.4, 0.5) is 0 Å². The Bertz CT molecular complexity index is 167. The van der Waals surface area contributed by atoms with Gasteiger partial charge in [-0.05, 0) is 25.7 Å². The van der Waals surface area contributed by atoms with Gasteiger partial charge in [-0.15, -0.1) is 12.4 Å². The normalized spacial score (nSPS) is 20.2. The lowest BCUT2D eigenvalue weighted by Gasteiger charge is -2.35. The molecule has 0 heterocycles. The van der Waals surface area contributed by atoms with E-state index in [4.69, 9.17) is 10.5 Å². The van der Waals surface area contributed by atoms with E-state index in [0.717, 1.165) is 25.7 Å². The monoisotopic (exact) mass is 207 g/mol. The van der Waals surface area contributed by atoms with E-state index in [-0.39, 0.29) is 24.0 Å². The molecule has 2 N–H and O–H groups in total. The zero-order valence-corrected chi connectivity index (χ0v) is 8.86. The molecule has 78 valence electrons. The molecular weight excluding hydrogens is 190 g/mol. The Hall–Kier alpha value is -0.280. The zero-order valence-electron chi connectivity index (χ0n) is 8.04. The molecule has 1 aliphatic rings. The lowest BCUT2D eigenvalue weighted by atomic mass is 9.85. The highest BCUT2D eigenvalue weighted by Gasteiger charge is 2.33. The minimum Gasteiger partial charge on any atom is -0.458 e. The molecule has 0 unspecified atom stereocenters. The van der Waals surface area contributed by atoms with Crippen LogP contribution >= 0.6 is 12.4 Å². The molecule has 0 bridgehead atoms. The fourth-order valence-corrected chi connectivity index (χ4v) is 1.85. The molecule has 0 spiro atoms. The highest BCUT2D eigenvalue weighted by atomic mass is 35.5. The largest absolute Gasteiger partial charge is 0.458 e. The van der Waals surface area contributed by atoms with Crippen LogP contribution in [0.25, 0.3) is 0 Å². The second kappa shape index (κ2) is 5.45. The third kappa shape index (κ3) is 3.53. The summed E-state index contributed by atoms with van der Waals surface area (Å²) in [6.45, 7) is 1.92. The molecule has 0 aliphatic heterocycles. The molecule has 1 aliphatic carbocycles. The van der Waals surface area contributed by atoms with Crippen LogP contribution in [0, 0.1) is 0 Å². The Morgan fingerprint density at radius 3 is 2.31 bits per heavy atom. The van der Waals surface area contributed by atoms with Gasteiger partial charge < -0.3 is 10.5 Å². The SMILES string of the molecule is CC(=O)OC1(CN)CCCCC1.Cl. The summed E-state index contributed by atoms with van der Waals surface area (Å²) < 4.78 is 5.26. The second-order valence-electron chi connectivity index (χ2n) is 3.54. The number of halogens is 1. The van der Waals surface area contributed by atoms with Gasteiger partial charge in [-0.25, -0.2) is 0 Å². The first-order chi connectivity index (χ1) is 5.68. The summed E-state index contributed by atoms with van der Waals surface area (Å²) in [5, 5.41) is 0. The average molecular weight is 208 g/mol. The average Bonchev–Trinajstić information content (AvgIpc) is 2.05. The quantitative estimate of drug-likeness (QED) is 0.701. The summed E-state index contributed by atoms with van der Waals surface area (Å²) in [6, 6.07) is 0. The van der Waals surface area contributed by atoms with E-state index in [9.17, 15) is 4.79 Å². The van der Waals surface area contributed by atoms with Crippen LogP contribution in [0.1, 0.15) is 39.0 Å². The van der Waals surface area contributed by atoms with Gasteiger partial charge in [0.1, 0.15) is 5.60 Å². The summed E-state index contributed by atoms with van der Waals surface area (Å²) in [5.41, 5.74) is 5.28. The molecule has 0 aromatic carbocycles. The summed E-state index contributed by atoms with van der Waals surface area (Å²) in [4.78, 5) is 10.8. The van der Waals surface area contributed by atoms with Crippen molar-refractivity contribution >= 4 is 18.4 Å². The lowest BCUT2D eigenvalue weighted by Crippen LogP contribution is -2.43. The van der Waals surface area contributed by atoms with E-state index >= 15 is 0 Å². The number of carbonyl (C=O) groups excluding carboxylic acids is 1. The summed E-state index contributed by atoms with van der Waals surface area (Å²) in [7, 11) is 0. The van der Waals surface area contributed by atoms with Gasteiger partial charge in [0.15, 0.2) is 0 Å². The fourth-order valence-electron chi connectivity index (χ4n) is 1.85. The number of nitrogens with two attached hydrogens (primary N) is 1. The standard InChI is InChI=1S/C9H17NO2.ClH/c1-8(11)12-9(7-10)5-3-2-4-6-9;/h2-7,10H2,1H3;1H. The smallest absolute Gasteiger partial charge is 0.303 e. The van der Waals surface area contributed by atoms with E-state index in [1.54, 1.807) is 0 Å². The van der Waals surface area contributed by atoms with Crippen molar-refractivity contribution in [2.45, 2.75) is 44.6 Å². The van der Waals surface area contributed by atoms with Crippen molar-refractivity contribution in [1.82, 2.24) is 0 Å². The number of carbonyl (C=O) groups is 1. The van der Waals surface area contributed by atoms with Gasteiger partial charge in [0.05, 0.1) is 0 Å². The third-order valence-electron chi connectivity index (χ3n) is 2.50. The maximum atomic E-state index is 10.8. The molecule has 3 nitrogen and oxygen atoms in total. The molecule has 0 aromatic heterocycles. The van der Waals surface area contributed by atoms with Gasteiger partial charge >= 0.3 is 5.97 Å². The molecule has 0 aromatic rings. The molecule has 0 saturated heterocycles. The summed E-state index contributed by atoms with van der Waals surface area (Å²) in [5.74, 6) is -0.206. The van der Waals surface area contributed by atoms with Crippen LogP contribution in [0.3, 0.4) is 0 Å². The first-order valence-corrected chi connectivity index (χ1v) is 4.58. The van der Waals surface area contributed by atoms with E-state index in [2.05, 4.69) is 0 Å². The molecule has 13 heavy (non-hydrogen) atoms. The maximum Gasteiger partial charge on any atom is 0.303 e. The van der Waals surface area contributed by atoms with Crippen molar-refractivity contribution in [2.75, 3.05) is 6.54 Å². The van der Waals surface area contributed by atoms with Gasteiger partial charge in [-0.1, -0.05) is 6.42 Å². The van der Waals surface area contributed by atoms with Crippen LogP contribution in [-0.2, 0) is 9.53 Å². The van der Waals surface area contributed by atoms with E-state index in [1.165, 1.54) is 13.3 Å². The third-order valence-corrected chi connectivity index (χ3v) is 2.50. The maximum absolute atomic E-state index is 10.8. The summed E-state index contributed by atoms with van der Waals surface area (Å²) in [6.07, 6.45) is 5.37. The Labute approximate surface area is 85.4 Å². The minimum atomic E-state index is -0.329. The van der Waals surface area contributed by atoms with Crippen molar-refractivity contribution in [3.8, 4) is 0 Å². The van der Waals surface area contributed by atoms with Crippen LogP contribution in [0.15, 0.2) is 0 Å². The Balaban J connectivity index is 0.00000144. The van der Waals surface area contributed by atoms with Crippen molar-refractivity contribution in [3.63, 3.8) is 0 Å². The van der Waals surface area contributed by atoms with Crippen molar-refractivity contribution < 1.29 is 9.53 Å². The number of ether oxygens (including phenoxy) is 1. The highest BCUT2D eigenvalue weighted by Crippen LogP contribution is 2.30.